The Labute approximate surface area is 128 Å². The zero-order valence-electron chi connectivity index (χ0n) is 13.8. The van der Waals surface area contributed by atoms with Crippen LogP contribution in [0.1, 0.15) is 53.4 Å². The van der Waals surface area contributed by atoms with E-state index in [1.54, 1.807) is 0 Å². The molecule has 1 aliphatic rings. The molecule has 5 heteroatoms. The number of carbonyl (C=O) groups excluding carboxylic acids is 2. The van der Waals surface area contributed by atoms with Gasteiger partial charge in [0.1, 0.15) is 0 Å². The van der Waals surface area contributed by atoms with Gasteiger partial charge in [-0.05, 0) is 25.7 Å². The summed E-state index contributed by atoms with van der Waals surface area (Å²) in [5, 5.41) is 6.16. The summed E-state index contributed by atoms with van der Waals surface area (Å²) >= 11 is 0. The number of hydrogen-bond acceptors (Lipinski definition) is 3. The molecule has 0 radical (unpaired) electrons. The first-order valence-corrected chi connectivity index (χ1v) is 8.11. The molecule has 1 aliphatic heterocycles. The molecule has 21 heavy (non-hydrogen) atoms. The van der Waals surface area contributed by atoms with E-state index in [0.717, 1.165) is 25.7 Å². The van der Waals surface area contributed by atoms with Gasteiger partial charge in [-0.2, -0.15) is 0 Å². The molecule has 0 spiro atoms. The topological polar surface area (TPSA) is 67.4 Å². The van der Waals surface area contributed by atoms with Gasteiger partial charge in [-0.25, -0.2) is 0 Å². The first-order valence-electron chi connectivity index (χ1n) is 8.11. The minimum Gasteiger partial charge on any atom is -0.381 e. The van der Waals surface area contributed by atoms with Crippen LogP contribution in [0.3, 0.4) is 0 Å². The van der Waals surface area contributed by atoms with Gasteiger partial charge in [-0.1, -0.05) is 27.7 Å². The van der Waals surface area contributed by atoms with Crippen LogP contribution in [0.4, 0.5) is 0 Å². The Balaban J connectivity index is 2.66. The third-order valence-electron chi connectivity index (χ3n) is 4.56. The Hall–Kier alpha value is -1.10. The minimum absolute atomic E-state index is 0.00464. The summed E-state index contributed by atoms with van der Waals surface area (Å²) < 4.78 is 5.40. The number of amides is 2. The number of nitrogens with one attached hydrogen (secondary N) is 2. The fourth-order valence-electron chi connectivity index (χ4n) is 2.29. The van der Waals surface area contributed by atoms with Crippen LogP contribution in [-0.4, -0.2) is 37.1 Å². The van der Waals surface area contributed by atoms with Crippen LogP contribution in [0.25, 0.3) is 0 Å². The maximum atomic E-state index is 12.2. The first kappa shape index (κ1) is 18.0. The highest BCUT2D eigenvalue weighted by atomic mass is 16.5. The molecule has 1 fully saturated rings. The van der Waals surface area contributed by atoms with Crippen LogP contribution in [0.5, 0.6) is 0 Å². The van der Waals surface area contributed by atoms with Crippen molar-refractivity contribution in [2.75, 3.05) is 19.8 Å². The Bertz CT molecular complexity index is 351. The van der Waals surface area contributed by atoms with Crippen molar-refractivity contribution in [3.8, 4) is 0 Å². The van der Waals surface area contributed by atoms with Crippen LogP contribution < -0.4 is 10.6 Å². The number of ether oxygens (including phenoxy) is 1. The van der Waals surface area contributed by atoms with Crippen LogP contribution in [0, 0.1) is 11.8 Å². The zero-order chi connectivity index (χ0) is 15.9. The van der Waals surface area contributed by atoms with E-state index in [-0.39, 0.29) is 29.2 Å². The number of hydrogen-bond donors (Lipinski definition) is 2. The van der Waals surface area contributed by atoms with Gasteiger partial charge in [0.05, 0.1) is 5.54 Å². The lowest BCUT2D eigenvalue weighted by Gasteiger charge is -2.39. The maximum Gasteiger partial charge on any atom is 0.223 e. The van der Waals surface area contributed by atoms with Crippen molar-refractivity contribution >= 4 is 11.8 Å². The highest BCUT2D eigenvalue weighted by Gasteiger charge is 2.35. The van der Waals surface area contributed by atoms with Gasteiger partial charge in [0.25, 0.3) is 0 Å². The lowest BCUT2D eigenvalue weighted by molar-refractivity contribution is -0.130. The summed E-state index contributed by atoms with van der Waals surface area (Å²) in [6.45, 7) is 9.59. The summed E-state index contributed by atoms with van der Waals surface area (Å²) in [5.41, 5.74) is -0.359. The van der Waals surface area contributed by atoms with E-state index in [1.165, 1.54) is 0 Å². The van der Waals surface area contributed by atoms with E-state index < -0.39 is 0 Å². The summed E-state index contributed by atoms with van der Waals surface area (Å²) in [6.07, 6.45) is 3.13. The fourth-order valence-corrected chi connectivity index (χ4v) is 2.29. The van der Waals surface area contributed by atoms with Crippen LogP contribution in [-0.2, 0) is 14.3 Å². The molecule has 1 rings (SSSR count). The molecule has 0 aromatic carbocycles. The van der Waals surface area contributed by atoms with Crippen molar-refractivity contribution in [1.82, 2.24) is 10.6 Å². The molecule has 122 valence electrons. The summed E-state index contributed by atoms with van der Waals surface area (Å²) in [7, 11) is 0. The normalized spacial score (nSPS) is 20.4. The van der Waals surface area contributed by atoms with E-state index in [0.29, 0.717) is 19.8 Å². The predicted octanol–water partition coefficient (Wildman–Crippen LogP) is 1.86. The summed E-state index contributed by atoms with van der Waals surface area (Å²) in [5.74, 6) is 0.125. The average molecular weight is 298 g/mol. The standard InChI is InChI=1S/C16H30N2O3/c1-5-12(3)14(19)17-11-16(7-9-21-10-8-16)18-15(20)13(4)6-2/h12-13H,5-11H2,1-4H3,(H,17,19)(H,18,20)/t12-,13+/m1/s1. The molecular formula is C16H30N2O3. The highest BCUT2D eigenvalue weighted by molar-refractivity contribution is 5.80. The molecule has 0 saturated carbocycles. The molecule has 2 N–H and O–H groups in total. The molecule has 5 nitrogen and oxygen atoms in total. The quantitative estimate of drug-likeness (QED) is 0.754. The molecule has 0 aromatic heterocycles. The summed E-state index contributed by atoms with van der Waals surface area (Å²) in [6, 6.07) is 0. The van der Waals surface area contributed by atoms with Crippen molar-refractivity contribution in [2.45, 2.75) is 58.9 Å². The molecule has 1 saturated heterocycles. The Morgan fingerprint density at radius 3 is 2.10 bits per heavy atom. The minimum atomic E-state index is -0.359. The fraction of sp³-hybridized carbons (Fsp3) is 0.875. The lowest BCUT2D eigenvalue weighted by atomic mass is 9.88. The first-order chi connectivity index (χ1) is 9.94. The van der Waals surface area contributed by atoms with Crippen molar-refractivity contribution in [2.24, 2.45) is 11.8 Å². The summed E-state index contributed by atoms with van der Waals surface area (Å²) in [4.78, 5) is 24.2. The monoisotopic (exact) mass is 298 g/mol. The smallest absolute Gasteiger partial charge is 0.223 e. The molecule has 0 aromatic rings. The second-order valence-corrected chi connectivity index (χ2v) is 6.22. The van der Waals surface area contributed by atoms with E-state index in [9.17, 15) is 9.59 Å². The van der Waals surface area contributed by atoms with Crippen molar-refractivity contribution in [3.05, 3.63) is 0 Å². The van der Waals surface area contributed by atoms with Gasteiger partial charge in [-0.15, -0.1) is 0 Å². The molecule has 0 unspecified atom stereocenters. The third-order valence-corrected chi connectivity index (χ3v) is 4.56. The second kappa shape index (κ2) is 8.37. The third kappa shape index (κ3) is 5.30. The molecule has 2 atom stereocenters. The molecule has 0 bridgehead atoms. The molecule has 1 heterocycles. The molecule has 0 aliphatic carbocycles. The lowest BCUT2D eigenvalue weighted by Crippen LogP contribution is -2.59. The number of carbonyl (C=O) groups is 2. The van der Waals surface area contributed by atoms with Gasteiger partial charge in [-0.3, -0.25) is 9.59 Å². The maximum absolute atomic E-state index is 12.2. The Kier molecular flexibility index (Phi) is 7.15. The van der Waals surface area contributed by atoms with Crippen LogP contribution in [0.2, 0.25) is 0 Å². The zero-order valence-corrected chi connectivity index (χ0v) is 13.8. The molecule has 2 amide bonds. The van der Waals surface area contributed by atoms with Gasteiger partial charge >= 0.3 is 0 Å². The SMILES string of the molecule is CC[C@@H](C)C(=O)NCC1(NC(=O)[C@@H](C)CC)CCOCC1. The number of rotatable bonds is 7. The van der Waals surface area contributed by atoms with Crippen molar-refractivity contribution < 1.29 is 14.3 Å². The van der Waals surface area contributed by atoms with Crippen LogP contribution >= 0.6 is 0 Å². The van der Waals surface area contributed by atoms with Crippen LogP contribution in [0.15, 0.2) is 0 Å². The predicted molar refractivity (Wildman–Crippen MR) is 82.8 cm³/mol. The van der Waals surface area contributed by atoms with Gasteiger partial charge in [0, 0.05) is 31.6 Å². The van der Waals surface area contributed by atoms with E-state index in [2.05, 4.69) is 10.6 Å². The Morgan fingerprint density at radius 1 is 1.05 bits per heavy atom. The second-order valence-electron chi connectivity index (χ2n) is 6.22. The van der Waals surface area contributed by atoms with Crippen molar-refractivity contribution in [1.29, 1.82) is 0 Å². The largest absolute Gasteiger partial charge is 0.381 e. The van der Waals surface area contributed by atoms with Gasteiger partial charge in [0.15, 0.2) is 0 Å². The van der Waals surface area contributed by atoms with E-state index >= 15 is 0 Å². The van der Waals surface area contributed by atoms with Gasteiger partial charge in [0.2, 0.25) is 11.8 Å². The highest BCUT2D eigenvalue weighted by Crippen LogP contribution is 2.21. The molecular weight excluding hydrogens is 268 g/mol. The van der Waals surface area contributed by atoms with E-state index in [1.807, 2.05) is 27.7 Å². The van der Waals surface area contributed by atoms with Crippen molar-refractivity contribution in [3.63, 3.8) is 0 Å². The average Bonchev–Trinajstić information content (AvgIpc) is 2.51. The van der Waals surface area contributed by atoms with E-state index in [4.69, 9.17) is 4.74 Å². The van der Waals surface area contributed by atoms with Gasteiger partial charge < -0.3 is 15.4 Å². The Morgan fingerprint density at radius 2 is 1.57 bits per heavy atom.